The largest absolute Gasteiger partial charge is 0.416 e. The van der Waals surface area contributed by atoms with E-state index in [1.807, 2.05) is 0 Å². The minimum atomic E-state index is -5.23. The lowest BCUT2D eigenvalue weighted by Gasteiger charge is -2.17. The van der Waals surface area contributed by atoms with E-state index in [0.717, 1.165) is 17.9 Å². The zero-order chi connectivity index (χ0) is 25.9. The van der Waals surface area contributed by atoms with Crippen molar-refractivity contribution in [3.05, 3.63) is 64.8 Å². The van der Waals surface area contributed by atoms with Crippen LogP contribution in [0.2, 0.25) is 0 Å². The maximum Gasteiger partial charge on any atom is 0.416 e. The van der Waals surface area contributed by atoms with Crippen LogP contribution in [0.4, 0.5) is 52.7 Å². The molecule has 0 radical (unpaired) electrons. The molecule has 3 aromatic rings. The van der Waals surface area contributed by atoms with Crippen LogP contribution in [0.5, 0.6) is 0 Å². The summed E-state index contributed by atoms with van der Waals surface area (Å²) < 4.78 is 159. The van der Waals surface area contributed by atoms with E-state index >= 15 is 0 Å². The van der Waals surface area contributed by atoms with Gasteiger partial charge in [0.1, 0.15) is 0 Å². The number of hydrogen-bond acceptors (Lipinski definition) is 1. The monoisotopic (exact) mass is 506 g/mol. The lowest BCUT2D eigenvalue weighted by atomic mass is 9.95. The smallest absolute Gasteiger partial charge is 0.267 e. The van der Waals surface area contributed by atoms with Crippen molar-refractivity contribution in [3.63, 3.8) is 0 Å². The zero-order valence-electron chi connectivity index (χ0n) is 16.5. The van der Waals surface area contributed by atoms with Gasteiger partial charge in [-0.25, -0.2) is 0 Å². The van der Waals surface area contributed by atoms with Crippen LogP contribution < -0.4 is 0 Å². The summed E-state index contributed by atoms with van der Waals surface area (Å²) in [5.74, 6) is 0. The molecule has 3 rings (SSSR count). The molecule has 0 fully saturated rings. The van der Waals surface area contributed by atoms with Gasteiger partial charge in [-0.2, -0.15) is 57.8 Å². The van der Waals surface area contributed by atoms with E-state index in [-0.39, 0.29) is 12.1 Å². The molecule has 0 aliphatic heterocycles. The summed E-state index contributed by atoms with van der Waals surface area (Å²) in [5, 5.41) is 3.63. The molecule has 0 saturated carbocycles. The summed E-state index contributed by atoms with van der Waals surface area (Å²) >= 11 is 0. The Labute approximate surface area is 182 Å². The molecule has 0 saturated heterocycles. The summed E-state index contributed by atoms with van der Waals surface area (Å²) in [4.78, 5) is 0. The minimum Gasteiger partial charge on any atom is -0.267 e. The van der Waals surface area contributed by atoms with Crippen LogP contribution in [0.25, 0.3) is 22.4 Å². The van der Waals surface area contributed by atoms with Gasteiger partial charge in [-0.05, 0) is 42.0 Å². The predicted octanol–water partition coefficient (Wildman–Crippen LogP) is 7.83. The van der Waals surface area contributed by atoms with Crippen LogP contribution in [0, 0.1) is 0 Å². The van der Waals surface area contributed by atoms with Crippen LogP contribution in [0.3, 0.4) is 0 Å². The lowest BCUT2D eigenvalue weighted by molar-refractivity contribution is -0.144. The molecule has 1 aromatic heterocycles. The van der Waals surface area contributed by atoms with E-state index in [2.05, 4.69) is 5.10 Å². The van der Waals surface area contributed by atoms with E-state index in [1.54, 1.807) is 0 Å². The van der Waals surface area contributed by atoms with Crippen LogP contribution in [-0.4, -0.2) is 9.78 Å². The lowest BCUT2D eigenvalue weighted by Crippen LogP contribution is -2.12. The highest BCUT2D eigenvalue weighted by Crippen LogP contribution is 2.43. The van der Waals surface area contributed by atoms with Crippen molar-refractivity contribution in [3.8, 4) is 22.4 Å². The highest BCUT2D eigenvalue weighted by Gasteiger charge is 2.39. The first-order valence-electron chi connectivity index (χ1n) is 8.90. The number of aromatic nitrogens is 2. The van der Waals surface area contributed by atoms with Gasteiger partial charge in [-0.3, -0.25) is 4.68 Å². The number of rotatable bonds is 2. The molecule has 184 valence electrons. The molecule has 34 heavy (non-hydrogen) atoms. The molecule has 0 aliphatic carbocycles. The van der Waals surface area contributed by atoms with Crippen molar-refractivity contribution in [2.75, 3.05) is 0 Å². The maximum atomic E-state index is 13.2. The van der Waals surface area contributed by atoms with Crippen LogP contribution in [0.1, 0.15) is 22.3 Å². The van der Waals surface area contributed by atoms with Gasteiger partial charge in [0, 0.05) is 18.2 Å². The Balaban J connectivity index is 2.34. The first kappa shape index (κ1) is 25.4. The molecule has 14 heteroatoms. The molecule has 0 aliphatic rings. The van der Waals surface area contributed by atoms with Crippen LogP contribution in [-0.2, 0) is 31.8 Å². The van der Waals surface area contributed by atoms with Crippen molar-refractivity contribution in [2.45, 2.75) is 24.7 Å². The summed E-state index contributed by atoms with van der Waals surface area (Å²) in [6.07, 6.45) is -20.2. The maximum absolute atomic E-state index is 13.2. The average Bonchev–Trinajstić information content (AvgIpc) is 3.06. The fourth-order valence-electron chi connectivity index (χ4n) is 3.19. The normalized spacial score (nSPS) is 13.4. The molecule has 0 unspecified atom stereocenters. The number of aryl methyl sites for hydroxylation is 1. The van der Waals surface area contributed by atoms with E-state index in [4.69, 9.17) is 0 Å². The molecule has 2 nitrogen and oxygen atoms in total. The van der Waals surface area contributed by atoms with Gasteiger partial charge >= 0.3 is 24.7 Å². The first-order valence-corrected chi connectivity index (χ1v) is 8.90. The average molecular weight is 506 g/mol. The zero-order valence-corrected chi connectivity index (χ0v) is 16.5. The van der Waals surface area contributed by atoms with Gasteiger partial charge in [0.15, 0.2) is 0 Å². The Morgan fingerprint density at radius 1 is 0.529 bits per heavy atom. The van der Waals surface area contributed by atoms with Crippen LogP contribution >= 0.6 is 0 Å². The quantitative estimate of drug-likeness (QED) is 0.324. The van der Waals surface area contributed by atoms with Gasteiger partial charge in [-0.15, -0.1) is 0 Å². The van der Waals surface area contributed by atoms with Gasteiger partial charge in [0.05, 0.1) is 34.1 Å². The molecule has 0 spiro atoms. The highest BCUT2D eigenvalue weighted by atomic mass is 19.4. The summed E-state index contributed by atoms with van der Waals surface area (Å²) in [5.41, 5.74) is -9.47. The second-order valence-corrected chi connectivity index (χ2v) is 7.12. The summed E-state index contributed by atoms with van der Waals surface area (Å²) in [7, 11) is 1.06. The van der Waals surface area contributed by atoms with E-state index in [9.17, 15) is 52.7 Å². The number of hydrogen-bond donors (Lipinski definition) is 0. The van der Waals surface area contributed by atoms with E-state index < -0.39 is 69.3 Å². The topological polar surface area (TPSA) is 17.8 Å². The molecular formula is C20H10F12N2. The number of alkyl halides is 12. The van der Waals surface area contributed by atoms with E-state index in [0.29, 0.717) is 24.3 Å². The number of benzene rings is 2. The van der Waals surface area contributed by atoms with Gasteiger partial charge in [-0.1, -0.05) is 0 Å². The molecule has 0 N–H and O–H groups in total. The Morgan fingerprint density at radius 3 is 1.18 bits per heavy atom. The summed E-state index contributed by atoms with van der Waals surface area (Å²) in [6.45, 7) is 0. The third kappa shape index (κ3) is 5.14. The molecule has 0 atom stereocenters. The summed E-state index contributed by atoms with van der Waals surface area (Å²) in [6, 6.07) is 0.876. The highest BCUT2D eigenvalue weighted by molar-refractivity contribution is 5.82. The van der Waals surface area contributed by atoms with Crippen LogP contribution in [0.15, 0.2) is 42.6 Å². The predicted molar refractivity (Wildman–Crippen MR) is 94.1 cm³/mol. The molecular weight excluding hydrogens is 496 g/mol. The van der Waals surface area contributed by atoms with Crippen molar-refractivity contribution >= 4 is 0 Å². The van der Waals surface area contributed by atoms with Crippen molar-refractivity contribution in [1.29, 1.82) is 0 Å². The minimum absolute atomic E-state index is 0.161. The molecule has 0 amide bonds. The third-order valence-corrected chi connectivity index (χ3v) is 4.70. The van der Waals surface area contributed by atoms with Crippen molar-refractivity contribution in [1.82, 2.24) is 9.78 Å². The Kier molecular flexibility index (Phi) is 5.94. The molecule has 0 bridgehead atoms. The standard InChI is InChI=1S/C20H10F12N2/c1-34-16(10-4-13(19(27,28)29)7-14(5-10)20(30,31)32)15(8-33-34)9-2-11(17(21,22)23)6-12(3-9)18(24,25)26/h2-8H,1H3. The molecule has 2 aromatic carbocycles. The van der Waals surface area contributed by atoms with Gasteiger partial charge < -0.3 is 0 Å². The molecule has 1 heterocycles. The van der Waals surface area contributed by atoms with Gasteiger partial charge in [0.2, 0.25) is 0 Å². The van der Waals surface area contributed by atoms with Gasteiger partial charge in [0.25, 0.3) is 0 Å². The second-order valence-electron chi connectivity index (χ2n) is 7.12. The SMILES string of the molecule is Cn1ncc(-c2cc(C(F)(F)F)cc(C(F)(F)F)c2)c1-c1cc(C(F)(F)F)cc(C(F)(F)F)c1. The number of nitrogens with zero attached hydrogens (tertiary/aromatic N) is 2. The van der Waals surface area contributed by atoms with Crippen molar-refractivity contribution in [2.24, 2.45) is 7.05 Å². The fraction of sp³-hybridized carbons (Fsp3) is 0.250. The van der Waals surface area contributed by atoms with E-state index in [1.165, 1.54) is 0 Å². The Bertz CT molecular complexity index is 1150. The first-order chi connectivity index (χ1) is 15.3. The Morgan fingerprint density at radius 2 is 0.853 bits per heavy atom. The number of halogens is 12. The Hall–Kier alpha value is -3.19. The third-order valence-electron chi connectivity index (χ3n) is 4.70. The second kappa shape index (κ2) is 7.94. The van der Waals surface area contributed by atoms with Crippen molar-refractivity contribution < 1.29 is 52.7 Å². The fourth-order valence-corrected chi connectivity index (χ4v) is 3.19.